The molecule has 4 aromatic rings. The number of benzene rings is 2. The van der Waals surface area contributed by atoms with Crippen molar-refractivity contribution in [3.05, 3.63) is 82.0 Å². The molecule has 220 valence electrons. The van der Waals surface area contributed by atoms with E-state index in [0.717, 1.165) is 48.2 Å². The van der Waals surface area contributed by atoms with E-state index in [1.807, 2.05) is 0 Å². The van der Waals surface area contributed by atoms with Crippen LogP contribution in [0.4, 0.5) is 17.6 Å². The Hall–Kier alpha value is -4.12. The molecule has 0 atom stereocenters. The summed E-state index contributed by atoms with van der Waals surface area (Å²) < 4.78 is 56.5. The molecule has 2 aromatic carbocycles. The number of halogens is 4. The third-order valence-corrected chi connectivity index (χ3v) is 7.21. The molecule has 7 nitrogen and oxygen atoms in total. The fourth-order valence-corrected chi connectivity index (χ4v) is 5.23. The lowest BCUT2D eigenvalue weighted by Gasteiger charge is -2.26. The van der Waals surface area contributed by atoms with Gasteiger partial charge in [-0.3, -0.25) is 19.1 Å². The SMILES string of the molecule is CC(C)NC(=O)Cn1c(-c2cccc(C(F)(F)F)c2)nc2ncc(-c3cc(CN4CCCCC4)ccc3F)cc2c1=O. The molecule has 1 amide bonds. The molecule has 42 heavy (non-hydrogen) atoms. The number of hydrogen-bond acceptors (Lipinski definition) is 5. The first kappa shape index (κ1) is 29.4. The molecule has 2 aromatic heterocycles. The summed E-state index contributed by atoms with van der Waals surface area (Å²) in [7, 11) is 0. The van der Waals surface area contributed by atoms with Crippen LogP contribution >= 0.6 is 0 Å². The number of fused-ring (bicyclic) bond motifs is 1. The van der Waals surface area contributed by atoms with Crippen LogP contribution in [-0.2, 0) is 24.1 Å². The third-order valence-electron chi connectivity index (χ3n) is 7.21. The molecule has 1 saturated heterocycles. The fourth-order valence-electron chi connectivity index (χ4n) is 5.23. The number of alkyl halides is 3. The van der Waals surface area contributed by atoms with Crippen molar-refractivity contribution in [2.75, 3.05) is 13.1 Å². The molecule has 3 heterocycles. The van der Waals surface area contributed by atoms with Gasteiger partial charge >= 0.3 is 6.18 Å². The largest absolute Gasteiger partial charge is 0.416 e. The quantitative estimate of drug-likeness (QED) is 0.280. The van der Waals surface area contributed by atoms with Gasteiger partial charge in [0.25, 0.3) is 5.56 Å². The molecule has 0 saturated carbocycles. The van der Waals surface area contributed by atoms with Gasteiger partial charge in [0.2, 0.25) is 5.91 Å². The Morgan fingerprint density at radius 2 is 1.79 bits per heavy atom. The predicted molar refractivity (Wildman–Crippen MR) is 152 cm³/mol. The lowest BCUT2D eigenvalue weighted by atomic mass is 10.0. The maximum Gasteiger partial charge on any atom is 0.416 e. The molecule has 0 bridgehead atoms. The van der Waals surface area contributed by atoms with Crippen LogP contribution in [0.5, 0.6) is 0 Å². The van der Waals surface area contributed by atoms with E-state index in [-0.39, 0.29) is 34.0 Å². The van der Waals surface area contributed by atoms with Crippen LogP contribution < -0.4 is 10.9 Å². The average molecular weight is 582 g/mol. The van der Waals surface area contributed by atoms with Crippen molar-refractivity contribution in [1.82, 2.24) is 24.8 Å². The fraction of sp³-hybridized carbons (Fsp3) is 0.355. The van der Waals surface area contributed by atoms with E-state index in [2.05, 4.69) is 20.2 Å². The smallest absolute Gasteiger partial charge is 0.352 e. The second kappa shape index (κ2) is 12.0. The Morgan fingerprint density at radius 3 is 2.50 bits per heavy atom. The summed E-state index contributed by atoms with van der Waals surface area (Å²) in [5.74, 6) is -1.13. The second-order valence-electron chi connectivity index (χ2n) is 10.9. The first-order valence-corrected chi connectivity index (χ1v) is 13.9. The molecule has 1 aliphatic rings. The van der Waals surface area contributed by atoms with E-state index in [0.29, 0.717) is 12.1 Å². The molecule has 1 aliphatic heterocycles. The minimum atomic E-state index is -4.62. The van der Waals surface area contributed by atoms with Crippen LogP contribution in [0.15, 0.2) is 59.5 Å². The molecule has 1 fully saturated rings. The number of nitrogens with zero attached hydrogens (tertiary/aromatic N) is 4. The summed E-state index contributed by atoms with van der Waals surface area (Å²) in [5.41, 5.74) is -0.0747. The minimum absolute atomic E-state index is 0.00325. The highest BCUT2D eigenvalue weighted by Crippen LogP contribution is 2.32. The number of hydrogen-bond donors (Lipinski definition) is 1. The number of pyridine rings is 1. The zero-order valence-electron chi connectivity index (χ0n) is 23.3. The number of likely N-dealkylation sites (tertiary alicyclic amines) is 1. The number of aromatic nitrogens is 3. The number of rotatable bonds is 7. The van der Waals surface area contributed by atoms with Crippen molar-refractivity contribution in [1.29, 1.82) is 0 Å². The van der Waals surface area contributed by atoms with Crippen LogP contribution in [0.3, 0.4) is 0 Å². The highest BCUT2D eigenvalue weighted by atomic mass is 19.4. The molecule has 0 unspecified atom stereocenters. The van der Waals surface area contributed by atoms with Gasteiger partial charge in [0, 0.05) is 35.5 Å². The Bertz CT molecular complexity index is 1680. The van der Waals surface area contributed by atoms with Gasteiger partial charge in [-0.2, -0.15) is 13.2 Å². The van der Waals surface area contributed by atoms with Crippen molar-refractivity contribution in [3.63, 3.8) is 0 Å². The summed E-state index contributed by atoms with van der Waals surface area (Å²) in [4.78, 5) is 37.6. The topological polar surface area (TPSA) is 80.1 Å². The Kier molecular flexibility index (Phi) is 8.40. The van der Waals surface area contributed by atoms with Gasteiger partial charge in [0.1, 0.15) is 18.2 Å². The van der Waals surface area contributed by atoms with Gasteiger partial charge in [-0.15, -0.1) is 0 Å². The predicted octanol–water partition coefficient (Wildman–Crippen LogP) is 5.79. The molecule has 0 radical (unpaired) electrons. The highest BCUT2D eigenvalue weighted by molar-refractivity contribution is 5.83. The van der Waals surface area contributed by atoms with Crippen molar-refractivity contribution in [2.24, 2.45) is 0 Å². The third kappa shape index (κ3) is 6.51. The standard InChI is InChI=1S/C31H31F4N5O2/c1-19(2)37-27(41)18-40-29(21-7-6-8-23(14-21)31(33,34)35)38-28-25(30(40)42)15-22(16-36-28)24-13-20(9-10-26(24)32)17-39-11-4-3-5-12-39/h6-10,13-16,19H,3-5,11-12,17-18H2,1-2H3,(H,37,41). The second-order valence-corrected chi connectivity index (χ2v) is 10.9. The Labute approximate surface area is 240 Å². The van der Waals surface area contributed by atoms with Crippen LogP contribution in [0.25, 0.3) is 33.5 Å². The van der Waals surface area contributed by atoms with Gasteiger partial charge < -0.3 is 5.32 Å². The van der Waals surface area contributed by atoms with E-state index in [4.69, 9.17) is 0 Å². The van der Waals surface area contributed by atoms with E-state index in [1.54, 1.807) is 26.0 Å². The van der Waals surface area contributed by atoms with Gasteiger partial charge in [0.15, 0.2) is 5.65 Å². The van der Waals surface area contributed by atoms with Gasteiger partial charge in [-0.1, -0.05) is 24.6 Å². The van der Waals surface area contributed by atoms with Crippen molar-refractivity contribution in [2.45, 2.75) is 58.4 Å². The summed E-state index contributed by atoms with van der Waals surface area (Å²) in [6.07, 6.45) is 0.226. The molecule has 11 heteroatoms. The average Bonchev–Trinajstić information content (AvgIpc) is 2.95. The van der Waals surface area contributed by atoms with Gasteiger partial charge in [-0.05, 0) is 75.7 Å². The molecule has 0 spiro atoms. The summed E-state index contributed by atoms with van der Waals surface area (Å²) in [6.45, 7) is 5.65. The molecule has 1 N–H and O–H groups in total. The van der Waals surface area contributed by atoms with Crippen LogP contribution in [0, 0.1) is 5.82 Å². The van der Waals surface area contributed by atoms with E-state index in [1.165, 1.54) is 36.9 Å². The number of carbonyl (C=O) groups excluding carboxylic acids is 1. The van der Waals surface area contributed by atoms with Gasteiger partial charge in [0.05, 0.1) is 10.9 Å². The summed E-state index contributed by atoms with van der Waals surface area (Å²) in [5, 5.41) is 2.70. The molecule has 0 aliphatic carbocycles. The maximum absolute atomic E-state index is 15.0. The van der Waals surface area contributed by atoms with Crippen molar-refractivity contribution < 1.29 is 22.4 Å². The normalized spacial score (nSPS) is 14.5. The van der Waals surface area contributed by atoms with Crippen LogP contribution in [-0.4, -0.2) is 44.5 Å². The lowest BCUT2D eigenvalue weighted by Crippen LogP contribution is -2.37. The monoisotopic (exact) mass is 581 g/mol. The molecular formula is C31H31F4N5O2. The molecular weight excluding hydrogens is 550 g/mol. The van der Waals surface area contributed by atoms with E-state index in [9.17, 15) is 22.8 Å². The maximum atomic E-state index is 15.0. The van der Waals surface area contributed by atoms with Crippen LogP contribution in [0.2, 0.25) is 0 Å². The lowest BCUT2D eigenvalue weighted by molar-refractivity contribution is -0.137. The number of piperidine rings is 1. The molecule has 5 rings (SSSR count). The Balaban J connectivity index is 1.61. The summed E-state index contributed by atoms with van der Waals surface area (Å²) in [6, 6.07) is 10.5. The first-order valence-electron chi connectivity index (χ1n) is 13.9. The zero-order chi connectivity index (χ0) is 30.0. The zero-order valence-corrected chi connectivity index (χ0v) is 23.3. The van der Waals surface area contributed by atoms with Gasteiger partial charge in [-0.25, -0.2) is 14.4 Å². The highest BCUT2D eigenvalue weighted by Gasteiger charge is 2.31. The number of carbonyl (C=O) groups is 1. The summed E-state index contributed by atoms with van der Waals surface area (Å²) >= 11 is 0. The van der Waals surface area contributed by atoms with E-state index < -0.39 is 35.6 Å². The van der Waals surface area contributed by atoms with Crippen LogP contribution in [0.1, 0.15) is 44.2 Å². The van der Waals surface area contributed by atoms with E-state index >= 15 is 4.39 Å². The first-order chi connectivity index (χ1) is 20.0. The van der Waals surface area contributed by atoms with Crippen molar-refractivity contribution in [3.8, 4) is 22.5 Å². The van der Waals surface area contributed by atoms with Crippen molar-refractivity contribution >= 4 is 16.9 Å². The number of nitrogens with one attached hydrogen (secondary N) is 1. The Morgan fingerprint density at radius 1 is 1.02 bits per heavy atom. The number of amides is 1. The minimum Gasteiger partial charge on any atom is -0.352 e.